The van der Waals surface area contributed by atoms with E-state index in [2.05, 4.69) is 57.5 Å². The van der Waals surface area contributed by atoms with Crippen molar-refractivity contribution in [2.75, 3.05) is 17.7 Å². The van der Waals surface area contributed by atoms with Crippen LogP contribution in [-0.4, -0.2) is 28.8 Å². The summed E-state index contributed by atoms with van der Waals surface area (Å²) in [6.45, 7) is -2.71. The second-order valence-electron chi connectivity index (χ2n) is 10.9. The molecule has 0 saturated carbocycles. The summed E-state index contributed by atoms with van der Waals surface area (Å²) < 4.78 is 27.1. The summed E-state index contributed by atoms with van der Waals surface area (Å²) in [5, 5.41) is 14.2. The molecule has 2 aliphatic rings. The zero-order valence-corrected chi connectivity index (χ0v) is 24.4. The van der Waals surface area contributed by atoms with Gasteiger partial charge in [-0.1, -0.05) is 66.6 Å². The minimum atomic E-state index is -2.71. The van der Waals surface area contributed by atoms with E-state index < -0.39 is 6.55 Å². The summed E-state index contributed by atoms with van der Waals surface area (Å²) in [5.41, 5.74) is 8.05. The van der Waals surface area contributed by atoms with E-state index in [1.165, 1.54) is 18.0 Å². The fourth-order valence-electron chi connectivity index (χ4n) is 5.91. The number of dihydropyridines is 1. The van der Waals surface area contributed by atoms with Crippen molar-refractivity contribution in [1.29, 1.82) is 0 Å². The van der Waals surface area contributed by atoms with E-state index >= 15 is 0 Å². The minimum Gasteiger partial charge on any atom is -0.388 e. The van der Waals surface area contributed by atoms with E-state index in [4.69, 9.17) is 11.6 Å². The molecule has 4 aromatic rings. The van der Waals surface area contributed by atoms with Gasteiger partial charge in [-0.25, -0.2) is 4.68 Å². The maximum atomic E-state index is 13.2. The van der Waals surface area contributed by atoms with Crippen molar-refractivity contribution < 1.29 is 13.6 Å². The minimum absolute atomic E-state index is 0.0162. The first-order chi connectivity index (χ1) is 20.9. The first-order valence-electron chi connectivity index (χ1n) is 14.4. The lowest BCUT2D eigenvalue weighted by atomic mass is 9.83. The highest BCUT2D eigenvalue weighted by Crippen LogP contribution is 2.38. The van der Waals surface area contributed by atoms with Gasteiger partial charge in [-0.2, -0.15) is 13.9 Å². The number of benzene rings is 3. The third kappa shape index (κ3) is 6.20. The smallest absolute Gasteiger partial charge is 0.333 e. The number of carbonyl (C=O) groups is 1. The highest BCUT2D eigenvalue weighted by Gasteiger charge is 2.25. The number of allylic oxidation sites excluding steroid dienone is 2. The Bertz CT molecular complexity index is 1710. The lowest BCUT2D eigenvalue weighted by Crippen LogP contribution is -2.31. The monoisotopic (exact) mass is 599 g/mol. The Morgan fingerprint density at radius 1 is 1.02 bits per heavy atom. The number of anilines is 2. The molecular formula is C34H32ClF2N5O. The number of alkyl halides is 2. The summed E-state index contributed by atoms with van der Waals surface area (Å²) in [4.78, 5) is 12.8. The maximum absolute atomic E-state index is 13.2. The normalized spacial score (nSPS) is 18.5. The Morgan fingerprint density at radius 2 is 1.88 bits per heavy atom. The van der Waals surface area contributed by atoms with Crippen LogP contribution in [0.25, 0.3) is 27.8 Å². The van der Waals surface area contributed by atoms with Gasteiger partial charge in [0.25, 0.3) is 0 Å². The fraction of sp³-hybridized carbons (Fsp3) is 0.235. The standard InChI is InChI=1S/C34H32ClF2N5O/c1-38-26-11-13-29-22-6-4-5-21(15-22)28(7-2-3-8-33(43)41-32(29)17-26)31-14-9-23(18-39-31)30-16-25(35)10-12-27(30)24-19-40-42(20-24)34(36)37/h4-6,9-20,28,31,34,38-39H,2-3,7-8H2,1H3,(H,41,43). The molecule has 0 radical (unpaired) electrons. The van der Waals surface area contributed by atoms with Crippen molar-refractivity contribution in [2.24, 2.45) is 0 Å². The highest BCUT2D eigenvalue weighted by molar-refractivity contribution is 6.31. The van der Waals surface area contributed by atoms with Crippen molar-refractivity contribution in [3.05, 3.63) is 108 Å². The zero-order chi connectivity index (χ0) is 29.9. The molecule has 43 heavy (non-hydrogen) atoms. The summed E-state index contributed by atoms with van der Waals surface area (Å²) in [7, 11) is 1.86. The average molecular weight is 600 g/mol. The SMILES string of the molecule is CNc1ccc2c(c1)NC(=O)CCCCC(C1C=CC(c3cc(Cl)ccc3-c3cnn(C(F)F)c3)=CN1)c1cccc-2c1. The number of fused-ring (bicyclic) bond motifs is 4. The first-order valence-corrected chi connectivity index (χ1v) is 14.8. The van der Waals surface area contributed by atoms with Gasteiger partial charge in [-0.15, -0.1) is 0 Å². The van der Waals surface area contributed by atoms with Gasteiger partial charge < -0.3 is 16.0 Å². The molecule has 3 aromatic carbocycles. The Labute approximate surface area is 254 Å². The highest BCUT2D eigenvalue weighted by atomic mass is 35.5. The molecule has 1 amide bonds. The van der Waals surface area contributed by atoms with Crippen LogP contribution in [-0.2, 0) is 4.79 Å². The maximum Gasteiger partial charge on any atom is 0.333 e. The Morgan fingerprint density at radius 3 is 2.65 bits per heavy atom. The van der Waals surface area contributed by atoms with Crippen LogP contribution in [0.3, 0.4) is 0 Å². The van der Waals surface area contributed by atoms with E-state index in [0.29, 0.717) is 21.7 Å². The number of carbonyl (C=O) groups excluding carboxylic acids is 1. The molecule has 2 unspecified atom stereocenters. The van der Waals surface area contributed by atoms with E-state index in [0.717, 1.165) is 58.5 Å². The van der Waals surface area contributed by atoms with Crippen LogP contribution in [0.1, 0.15) is 49.3 Å². The molecule has 2 bridgehead atoms. The van der Waals surface area contributed by atoms with Crippen molar-refractivity contribution in [3.63, 3.8) is 0 Å². The van der Waals surface area contributed by atoms with E-state index in [9.17, 15) is 13.6 Å². The fourth-order valence-corrected chi connectivity index (χ4v) is 6.09. The van der Waals surface area contributed by atoms with Crippen LogP contribution < -0.4 is 16.0 Å². The molecule has 3 heterocycles. The van der Waals surface area contributed by atoms with Gasteiger partial charge >= 0.3 is 6.55 Å². The van der Waals surface area contributed by atoms with Crippen LogP contribution in [0.2, 0.25) is 5.02 Å². The molecule has 1 aromatic heterocycles. The molecule has 0 fully saturated rings. The number of halogens is 3. The summed E-state index contributed by atoms with van der Waals surface area (Å²) in [6, 6.07) is 20.0. The number of hydrogen-bond donors (Lipinski definition) is 3. The second kappa shape index (κ2) is 12.4. The van der Waals surface area contributed by atoms with Crippen LogP contribution in [0.5, 0.6) is 0 Å². The Balaban J connectivity index is 1.31. The topological polar surface area (TPSA) is 71.0 Å². The van der Waals surface area contributed by atoms with Crippen LogP contribution in [0.4, 0.5) is 20.2 Å². The van der Waals surface area contributed by atoms with Crippen LogP contribution >= 0.6 is 11.6 Å². The van der Waals surface area contributed by atoms with Gasteiger partial charge in [0, 0.05) is 53.6 Å². The van der Waals surface area contributed by atoms with Gasteiger partial charge in [-0.3, -0.25) is 4.79 Å². The first kappa shape index (κ1) is 28.7. The summed E-state index contributed by atoms with van der Waals surface area (Å²) >= 11 is 6.37. The van der Waals surface area contributed by atoms with Crippen molar-refractivity contribution >= 4 is 34.5 Å². The molecule has 220 valence electrons. The van der Waals surface area contributed by atoms with Crippen LogP contribution in [0.15, 0.2) is 91.4 Å². The van der Waals surface area contributed by atoms with Gasteiger partial charge in [0.1, 0.15) is 0 Å². The molecule has 3 N–H and O–H groups in total. The predicted octanol–water partition coefficient (Wildman–Crippen LogP) is 8.47. The van der Waals surface area contributed by atoms with E-state index in [1.54, 1.807) is 6.07 Å². The quantitative estimate of drug-likeness (QED) is 0.215. The lowest BCUT2D eigenvalue weighted by Gasteiger charge is -2.29. The van der Waals surface area contributed by atoms with Gasteiger partial charge in [0.2, 0.25) is 5.91 Å². The average Bonchev–Trinajstić information content (AvgIpc) is 3.51. The summed E-state index contributed by atoms with van der Waals surface area (Å²) in [6.07, 6.45) is 12.0. The molecular weight excluding hydrogens is 568 g/mol. The number of rotatable bonds is 5. The van der Waals surface area contributed by atoms with Gasteiger partial charge in [-0.05, 0) is 64.9 Å². The largest absolute Gasteiger partial charge is 0.388 e. The third-order valence-corrected chi connectivity index (χ3v) is 8.37. The van der Waals surface area contributed by atoms with Crippen molar-refractivity contribution in [3.8, 4) is 22.3 Å². The number of amides is 1. The molecule has 0 aliphatic carbocycles. The van der Waals surface area contributed by atoms with Crippen molar-refractivity contribution in [2.45, 2.75) is 44.2 Å². The molecule has 0 saturated heterocycles. The van der Waals surface area contributed by atoms with E-state index in [-0.39, 0.29) is 17.9 Å². The Hall–Kier alpha value is -4.43. The molecule has 2 atom stereocenters. The number of aromatic nitrogens is 2. The van der Waals surface area contributed by atoms with Gasteiger partial charge in [0.05, 0.1) is 17.9 Å². The number of nitrogens with one attached hydrogen (secondary N) is 3. The molecule has 0 spiro atoms. The second-order valence-corrected chi connectivity index (χ2v) is 11.3. The van der Waals surface area contributed by atoms with Crippen LogP contribution in [0, 0.1) is 0 Å². The van der Waals surface area contributed by atoms with Crippen molar-refractivity contribution in [1.82, 2.24) is 15.1 Å². The number of nitrogens with zero attached hydrogens (tertiary/aromatic N) is 2. The number of hydrogen-bond acceptors (Lipinski definition) is 4. The summed E-state index contributed by atoms with van der Waals surface area (Å²) in [5.74, 6) is 0.182. The molecule has 6 rings (SSSR count). The molecule has 6 nitrogen and oxygen atoms in total. The molecule has 9 heteroatoms. The third-order valence-electron chi connectivity index (χ3n) is 8.13. The Kier molecular flexibility index (Phi) is 8.29. The lowest BCUT2D eigenvalue weighted by molar-refractivity contribution is -0.116. The van der Waals surface area contributed by atoms with Gasteiger partial charge in [0.15, 0.2) is 0 Å². The predicted molar refractivity (Wildman–Crippen MR) is 169 cm³/mol. The molecule has 2 aliphatic heterocycles. The zero-order valence-electron chi connectivity index (χ0n) is 23.7. The van der Waals surface area contributed by atoms with E-state index in [1.807, 2.05) is 43.6 Å².